The van der Waals surface area contributed by atoms with Crippen LogP contribution in [-0.2, 0) is 10.0 Å². The fourth-order valence-electron chi connectivity index (χ4n) is 2.53. The highest BCUT2D eigenvalue weighted by molar-refractivity contribution is 7.92. The van der Waals surface area contributed by atoms with E-state index in [4.69, 9.17) is 16.9 Å². The van der Waals surface area contributed by atoms with Gasteiger partial charge in [-0.2, -0.15) is 5.26 Å². The second-order valence-corrected chi connectivity index (χ2v) is 8.29. The fourth-order valence-corrected chi connectivity index (χ4v) is 3.80. The Labute approximate surface area is 182 Å². The SMILES string of the molecule is N#Cc1ccc(NC(=O)c2ccc(NS(=O)(=O)c3ccc(Cl)c([N+](=O)[O-])c3)cc2)cc1. The normalized spacial score (nSPS) is 10.7. The van der Waals surface area contributed by atoms with Crippen LogP contribution in [0.2, 0.25) is 5.02 Å². The van der Waals surface area contributed by atoms with Crippen LogP contribution in [-0.4, -0.2) is 19.2 Å². The molecule has 0 aromatic heterocycles. The van der Waals surface area contributed by atoms with Crippen LogP contribution < -0.4 is 10.0 Å². The summed E-state index contributed by atoms with van der Waals surface area (Å²) in [6.07, 6.45) is 0. The molecule has 3 aromatic carbocycles. The van der Waals surface area contributed by atoms with Crippen LogP contribution in [0.25, 0.3) is 0 Å². The number of sulfonamides is 1. The summed E-state index contributed by atoms with van der Waals surface area (Å²) in [5, 5.41) is 22.3. The van der Waals surface area contributed by atoms with Crippen molar-refractivity contribution in [2.24, 2.45) is 0 Å². The van der Waals surface area contributed by atoms with Crippen LogP contribution in [0, 0.1) is 21.4 Å². The first-order chi connectivity index (χ1) is 14.7. The lowest BCUT2D eigenvalue weighted by Gasteiger charge is -2.10. The Hall–Kier alpha value is -3.94. The Kier molecular flexibility index (Phi) is 6.20. The molecule has 0 aliphatic rings. The molecule has 0 unspecified atom stereocenters. The Morgan fingerprint density at radius 2 is 1.61 bits per heavy atom. The summed E-state index contributed by atoms with van der Waals surface area (Å²) < 4.78 is 27.3. The summed E-state index contributed by atoms with van der Waals surface area (Å²) in [6.45, 7) is 0. The topological polar surface area (TPSA) is 142 Å². The number of carbonyl (C=O) groups excluding carboxylic acids is 1. The predicted molar refractivity (Wildman–Crippen MR) is 114 cm³/mol. The van der Waals surface area contributed by atoms with Crippen molar-refractivity contribution in [3.05, 3.63) is 93.0 Å². The molecule has 0 atom stereocenters. The maximum absolute atomic E-state index is 12.5. The Morgan fingerprint density at radius 1 is 1.00 bits per heavy atom. The Bertz CT molecular complexity index is 1300. The molecule has 11 heteroatoms. The van der Waals surface area contributed by atoms with Gasteiger partial charge in [0.05, 0.1) is 21.5 Å². The van der Waals surface area contributed by atoms with E-state index in [1.807, 2.05) is 6.07 Å². The largest absolute Gasteiger partial charge is 0.322 e. The third-order valence-corrected chi connectivity index (χ3v) is 5.79. The van der Waals surface area contributed by atoms with Gasteiger partial charge in [0.15, 0.2) is 0 Å². The molecule has 9 nitrogen and oxygen atoms in total. The molecule has 1 amide bonds. The molecule has 0 saturated carbocycles. The fraction of sp³-hybridized carbons (Fsp3) is 0. The highest BCUT2D eigenvalue weighted by Crippen LogP contribution is 2.28. The van der Waals surface area contributed by atoms with Gasteiger partial charge >= 0.3 is 0 Å². The number of halogens is 1. The van der Waals surface area contributed by atoms with Crippen LogP contribution in [0.3, 0.4) is 0 Å². The number of benzene rings is 3. The number of amides is 1. The van der Waals surface area contributed by atoms with E-state index >= 15 is 0 Å². The number of rotatable bonds is 6. The van der Waals surface area contributed by atoms with Gasteiger partial charge in [-0.1, -0.05) is 11.6 Å². The van der Waals surface area contributed by atoms with Crippen molar-refractivity contribution in [2.75, 3.05) is 10.0 Å². The van der Waals surface area contributed by atoms with Crippen LogP contribution in [0.4, 0.5) is 17.1 Å². The number of nitro benzene ring substituents is 1. The van der Waals surface area contributed by atoms with Gasteiger partial charge in [0.2, 0.25) is 0 Å². The maximum Gasteiger partial charge on any atom is 0.289 e. The minimum atomic E-state index is -4.11. The maximum atomic E-state index is 12.5. The lowest BCUT2D eigenvalue weighted by molar-refractivity contribution is -0.384. The van der Waals surface area contributed by atoms with Crippen molar-refractivity contribution in [3.8, 4) is 6.07 Å². The van der Waals surface area contributed by atoms with Crippen molar-refractivity contribution in [1.82, 2.24) is 0 Å². The number of carbonyl (C=O) groups is 1. The number of hydrogen-bond acceptors (Lipinski definition) is 6. The van der Waals surface area contributed by atoms with Crippen molar-refractivity contribution >= 4 is 44.6 Å². The quantitative estimate of drug-likeness (QED) is 0.421. The van der Waals surface area contributed by atoms with E-state index in [0.717, 1.165) is 18.2 Å². The number of anilines is 2. The summed E-state index contributed by atoms with van der Waals surface area (Å²) in [6, 6.07) is 17.0. The van der Waals surface area contributed by atoms with Gasteiger partial charge in [0.1, 0.15) is 5.02 Å². The molecule has 156 valence electrons. The van der Waals surface area contributed by atoms with E-state index in [2.05, 4.69) is 10.0 Å². The molecule has 3 rings (SSSR count). The summed E-state index contributed by atoms with van der Waals surface area (Å²) in [4.78, 5) is 22.2. The molecule has 0 spiro atoms. The lowest BCUT2D eigenvalue weighted by atomic mass is 10.2. The van der Waals surface area contributed by atoms with Crippen molar-refractivity contribution in [2.45, 2.75) is 4.90 Å². The third kappa shape index (κ3) is 5.16. The van der Waals surface area contributed by atoms with Gasteiger partial charge in [-0.15, -0.1) is 0 Å². The molecule has 0 saturated heterocycles. The van der Waals surface area contributed by atoms with E-state index in [9.17, 15) is 23.3 Å². The van der Waals surface area contributed by atoms with E-state index in [-0.39, 0.29) is 21.2 Å². The number of nitrogens with one attached hydrogen (secondary N) is 2. The Morgan fingerprint density at radius 3 is 2.19 bits per heavy atom. The molecule has 0 aliphatic heterocycles. The number of nitro groups is 1. The van der Waals surface area contributed by atoms with Crippen molar-refractivity contribution in [3.63, 3.8) is 0 Å². The monoisotopic (exact) mass is 456 g/mol. The van der Waals surface area contributed by atoms with Gasteiger partial charge in [0, 0.05) is 23.0 Å². The second kappa shape index (κ2) is 8.83. The smallest absolute Gasteiger partial charge is 0.289 e. The van der Waals surface area contributed by atoms with Crippen molar-refractivity contribution < 1.29 is 18.1 Å². The molecular formula is C20H13ClN4O5S. The molecule has 0 bridgehead atoms. The molecule has 31 heavy (non-hydrogen) atoms. The number of nitrogens with zero attached hydrogens (tertiary/aromatic N) is 2. The molecule has 0 radical (unpaired) electrons. The van der Waals surface area contributed by atoms with E-state index < -0.39 is 26.5 Å². The first-order valence-electron chi connectivity index (χ1n) is 8.58. The van der Waals surface area contributed by atoms with Crippen LogP contribution >= 0.6 is 11.6 Å². The van der Waals surface area contributed by atoms with E-state index in [1.54, 1.807) is 24.3 Å². The van der Waals surface area contributed by atoms with Crippen LogP contribution in [0.1, 0.15) is 15.9 Å². The lowest BCUT2D eigenvalue weighted by Crippen LogP contribution is -2.14. The Balaban J connectivity index is 1.73. The highest BCUT2D eigenvalue weighted by Gasteiger charge is 2.21. The van der Waals surface area contributed by atoms with E-state index in [0.29, 0.717) is 11.3 Å². The zero-order chi connectivity index (χ0) is 22.6. The molecule has 2 N–H and O–H groups in total. The van der Waals surface area contributed by atoms with Gasteiger partial charge in [-0.3, -0.25) is 19.6 Å². The number of nitriles is 1. The summed E-state index contributed by atoms with van der Waals surface area (Å²) in [7, 11) is -4.11. The summed E-state index contributed by atoms with van der Waals surface area (Å²) in [5.74, 6) is -0.424. The molecule has 0 heterocycles. The zero-order valence-corrected chi connectivity index (χ0v) is 17.1. The second-order valence-electron chi connectivity index (χ2n) is 6.20. The molecular weight excluding hydrogens is 444 g/mol. The average molecular weight is 457 g/mol. The average Bonchev–Trinajstić information content (AvgIpc) is 2.74. The summed E-state index contributed by atoms with van der Waals surface area (Å²) >= 11 is 5.71. The zero-order valence-electron chi connectivity index (χ0n) is 15.6. The van der Waals surface area contributed by atoms with Gasteiger partial charge in [-0.05, 0) is 60.7 Å². The van der Waals surface area contributed by atoms with Crippen LogP contribution in [0.15, 0.2) is 71.6 Å². The van der Waals surface area contributed by atoms with Crippen molar-refractivity contribution in [1.29, 1.82) is 5.26 Å². The predicted octanol–water partition coefficient (Wildman–Crippen LogP) is 4.17. The number of hydrogen-bond donors (Lipinski definition) is 2. The first kappa shape index (κ1) is 21.8. The van der Waals surface area contributed by atoms with Gasteiger partial charge < -0.3 is 5.32 Å². The third-order valence-electron chi connectivity index (χ3n) is 4.10. The summed E-state index contributed by atoms with van der Waals surface area (Å²) in [5.41, 5.74) is 0.861. The van der Waals surface area contributed by atoms with Gasteiger partial charge in [-0.25, -0.2) is 8.42 Å². The van der Waals surface area contributed by atoms with E-state index in [1.165, 1.54) is 24.3 Å². The first-order valence-corrected chi connectivity index (χ1v) is 10.4. The van der Waals surface area contributed by atoms with Gasteiger partial charge in [0.25, 0.3) is 21.6 Å². The minimum absolute atomic E-state index is 0.160. The molecule has 0 fully saturated rings. The molecule has 0 aliphatic carbocycles. The standard InChI is InChI=1S/C20H13ClN4O5S/c21-18-10-9-17(11-19(18)25(27)28)31(29,30)24-16-7-3-14(4-8-16)20(26)23-15-5-1-13(12-22)2-6-15/h1-11,24H,(H,23,26). The van der Waals surface area contributed by atoms with Crippen LogP contribution in [0.5, 0.6) is 0 Å². The highest BCUT2D eigenvalue weighted by atomic mass is 35.5. The molecule has 3 aromatic rings. The minimum Gasteiger partial charge on any atom is -0.322 e.